The second-order valence-corrected chi connectivity index (χ2v) is 10.4. The largest absolute Gasteiger partial charge is 0.475 e. The van der Waals surface area contributed by atoms with Crippen LogP contribution in [-0.2, 0) is 22.7 Å². The summed E-state index contributed by atoms with van der Waals surface area (Å²) >= 11 is 8.09. The van der Waals surface area contributed by atoms with E-state index in [1.54, 1.807) is 6.07 Å². The molecule has 0 bridgehead atoms. The molecule has 4 aromatic rings. The summed E-state index contributed by atoms with van der Waals surface area (Å²) in [7, 11) is 2.05. The van der Waals surface area contributed by atoms with Crippen LogP contribution in [0.5, 0.6) is 5.88 Å². The standard InChI is InChI=1S/C26H22ClFN4O3S/c1-32-6-7-34-13(9-32)10-35-20-5-3-14-17-11-33-12-18(17)21(23(27)24(14)31-20)15-2-4-19(28)25-22(15)16(8-29)26(30)36-25/h2-5,13H,6-7,9-12,30H2,1H3/t13-/m1/s1. The molecule has 0 unspecified atom stereocenters. The van der Waals surface area contributed by atoms with E-state index < -0.39 is 5.82 Å². The molecule has 10 heteroatoms. The average molecular weight is 525 g/mol. The highest BCUT2D eigenvalue weighted by Gasteiger charge is 2.28. The third-order valence-electron chi connectivity index (χ3n) is 6.74. The van der Waals surface area contributed by atoms with Crippen LogP contribution < -0.4 is 10.5 Å². The van der Waals surface area contributed by atoms with Gasteiger partial charge >= 0.3 is 0 Å². The first kappa shape index (κ1) is 23.4. The van der Waals surface area contributed by atoms with Gasteiger partial charge in [-0.3, -0.25) is 0 Å². The topological polar surface area (TPSA) is 93.6 Å². The van der Waals surface area contributed by atoms with E-state index in [1.807, 2.05) is 12.1 Å². The van der Waals surface area contributed by atoms with Crippen LogP contribution in [0, 0.1) is 17.1 Å². The van der Waals surface area contributed by atoms with Gasteiger partial charge in [-0.1, -0.05) is 17.7 Å². The number of rotatable bonds is 4. The molecule has 0 spiro atoms. The number of nitriles is 1. The van der Waals surface area contributed by atoms with E-state index in [-0.39, 0.29) is 16.7 Å². The zero-order valence-electron chi connectivity index (χ0n) is 19.4. The van der Waals surface area contributed by atoms with Crippen molar-refractivity contribution in [2.45, 2.75) is 19.3 Å². The number of hydrogen-bond acceptors (Lipinski definition) is 8. The number of thiophene rings is 1. The molecule has 184 valence electrons. The predicted molar refractivity (Wildman–Crippen MR) is 138 cm³/mol. The van der Waals surface area contributed by atoms with E-state index in [2.05, 4.69) is 18.0 Å². The van der Waals surface area contributed by atoms with Gasteiger partial charge in [-0.25, -0.2) is 9.37 Å². The minimum absolute atomic E-state index is 0.0401. The number of nitrogen functional groups attached to an aromatic ring is 1. The maximum absolute atomic E-state index is 14.7. The fourth-order valence-corrected chi connectivity index (χ4v) is 6.32. The number of anilines is 1. The van der Waals surface area contributed by atoms with E-state index in [9.17, 15) is 9.65 Å². The molecule has 0 radical (unpaired) electrons. The molecule has 1 fully saturated rings. The molecule has 1 atom stereocenters. The summed E-state index contributed by atoms with van der Waals surface area (Å²) < 4.78 is 32.6. The van der Waals surface area contributed by atoms with Gasteiger partial charge in [0.25, 0.3) is 0 Å². The maximum Gasteiger partial charge on any atom is 0.213 e. The van der Waals surface area contributed by atoms with Crippen molar-refractivity contribution in [2.75, 3.05) is 39.1 Å². The van der Waals surface area contributed by atoms with Crippen molar-refractivity contribution in [3.8, 4) is 23.1 Å². The van der Waals surface area contributed by atoms with E-state index in [0.29, 0.717) is 64.1 Å². The van der Waals surface area contributed by atoms with Crippen LogP contribution in [0.4, 0.5) is 9.39 Å². The highest BCUT2D eigenvalue weighted by molar-refractivity contribution is 7.23. The van der Waals surface area contributed by atoms with Gasteiger partial charge in [-0.05, 0) is 35.9 Å². The Morgan fingerprint density at radius 2 is 2.14 bits per heavy atom. The van der Waals surface area contributed by atoms with Crippen LogP contribution in [0.3, 0.4) is 0 Å². The van der Waals surface area contributed by atoms with Crippen molar-refractivity contribution >= 4 is 48.9 Å². The summed E-state index contributed by atoms with van der Waals surface area (Å²) in [5, 5.41) is 11.8. The lowest BCUT2D eigenvalue weighted by molar-refractivity contribution is -0.0409. The number of benzene rings is 2. The summed E-state index contributed by atoms with van der Waals surface area (Å²) in [5.41, 5.74) is 10.1. The molecule has 2 aliphatic heterocycles. The number of likely N-dealkylation sites (N-methyl/N-ethyl adjacent to an activating group) is 1. The molecule has 6 rings (SSSR count). The zero-order chi connectivity index (χ0) is 25.0. The van der Waals surface area contributed by atoms with Crippen molar-refractivity contribution in [1.29, 1.82) is 5.26 Å². The molecule has 36 heavy (non-hydrogen) atoms. The summed E-state index contributed by atoms with van der Waals surface area (Å²) in [6.07, 6.45) is -0.0401. The number of nitrogens with zero attached hydrogens (tertiary/aromatic N) is 3. The Morgan fingerprint density at radius 1 is 1.31 bits per heavy atom. The Bertz CT molecular complexity index is 1570. The normalized spacial score (nSPS) is 18.0. The minimum atomic E-state index is -0.429. The molecule has 2 aliphatic rings. The number of morpholine rings is 1. The highest BCUT2D eigenvalue weighted by atomic mass is 35.5. The number of fused-ring (bicyclic) bond motifs is 4. The van der Waals surface area contributed by atoms with E-state index in [4.69, 9.17) is 36.5 Å². The second kappa shape index (κ2) is 9.14. The van der Waals surface area contributed by atoms with Gasteiger partial charge in [-0.15, -0.1) is 11.3 Å². The van der Waals surface area contributed by atoms with Crippen molar-refractivity contribution in [1.82, 2.24) is 9.88 Å². The Morgan fingerprint density at radius 3 is 2.94 bits per heavy atom. The van der Waals surface area contributed by atoms with Crippen molar-refractivity contribution in [2.24, 2.45) is 0 Å². The SMILES string of the molecule is CN1CCO[C@@H](COc2ccc3c4c(c(-c5ccc(F)c6sc(N)c(C#N)c56)c(Cl)c3n2)COC4)C1. The molecule has 1 saturated heterocycles. The number of hydrogen-bond donors (Lipinski definition) is 1. The van der Waals surface area contributed by atoms with Crippen LogP contribution >= 0.6 is 22.9 Å². The van der Waals surface area contributed by atoms with Gasteiger partial charge in [0.05, 0.1) is 40.6 Å². The maximum atomic E-state index is 14.7. The van der Waals surface area contributed by atoms with Crippen LogP contribution in [0.25, 0.3) is 32.1 Å². The van der Waals surface area contributed by atoms with Crippen LogP contribution in [0.2, 0.25) is 5.02 Å². The third-order valence-corrected chi connectivity index (χ3v) is 8.13. The van der Waals surface area contributed by atoms with Crippen LogP contribution in [-0.4, -0.2) is 49.3 Å². The summed E-state index contributed by atoms with van der Waals surface area (Å²) in [4.78, 5) is 6.95. The Kier molecular flexibility index (Phi) is 5.94. The number of halogens is 2. The zero-order valence-corrected chi connectivity index (χ0v) is 21.0. The molecule has 2 N–H and O–H groups in total. The van der Waals surface area contributed by atoms with Gasteiger partial charge in [0.15, 0.2) is 0 Å². The number of pyridine rings is 1. The molecule has 2 aromatic heterocycles. The van der Waals surface area contributed by atoms with E-state index in [0.717, 1.165) is 40.9 Å². The monoisotopic (exact) mass is 524 g/mol. The fraction of sp³-hybridized carbons (Fsp3) is 0.308. The molecular formula is C26H22ClFN4O3S. The van der Waals surface area contributed by atoms with Crippen LogP contribution in [0.15, 0.2) is 24.3 Å². The number of ether oxygens (including phenoxy) is 3. The van der Waals surface area contributed by atoms with Crippen molar-refractivity contribution < 1.29 is 18.6 Å². The van der Waals surface area contributed by atoms with Crippen molar-refractivity contribution in [3.05, 3.63) is 51.8 Å². The fourth-order valence-electron chi connectivity index (χ4n) is 5.01. The Balaban J connectivity index is 1.50. The minimum Gasteiger partial charge on any atom is -0.475 e. The number of aromatic nitrogens is 1. The average Bonchev–Trinajstić information content (AvgIpc) is 3.49. The lowest BCUT2D eigenvalue weighted by Gasteiger charge is -2.29. The summed E-state index contributed by atoms with van der Waals surface area (Å²) in [6.45, 7) is 3.48. The first-order valence-electron chi connectivity index (χ1n) is 11.5. The predicted octanol–water partition coefficient (Wildman–Crippen LogP) is 5.10. The first-order valence-corrected chi connectivity index (χ1v) is 12.7. The summed E-state index contributed by atoms with van der Waals surface area (Å²) in [6, 6.07) is 8.93. The van der Waals surface area contributed by atoms with E-state index in [1.165, 1.54) is 6.07 Å². The summed E-state index contributed by atoms with van der Waals surface area (Å²) in [5.74, 6) is 0.00827. The lowest BCUT2D eigenvalue weighted by Crippen LogP contribution is -2.42. The van der Waals surface area contributed by atoms with Gasteiger partial charge in [0.2, 0.25) is 5.88 Å². The highest BCUT2D eigenvalue weighted by Crippen LogP contribution is 2.48. The third kappa shape index (κ3) is 3.77. The quantitative estimate of drug-likeness (QED) is 0.397. The molecule has 7 nitrogen and oxygen atoms in total. The number of nitrogens with two attached hydrogens (primary N) is 1. The first-order chi connectivity index (χ1) is 17.5. The smallest absolute Gasteiger partial charge is 0.213 e. The van der Waals surface area contributed by atoms with Gasteiger partial charge in [-0.2, -0.15) is 5.26 Å². The molecular weight excluding hydrogens is 503 g/mol. The van der Waals surface area contributed by atoms with Gasteiger partial charge < -0.3 is 24.8 Å². The lowest BCUT2D eigenvalue weighted by atomic mass is 9.91. The van der Waals surface area contributed by atoms with Crippen LogP contribution in [0.1, 0.15) is 16.7 Å². The molecule has 0 saturated carbocycles. The molecule has 2 aromatic carbocycles. The Hall–Kier alpha value is -3.00. The van der Waals surface area contributed by atoms with Crippen molar-refractivity contribution in [3.63, 3.8) is 0 Å². The Labute approximate surface area is 215 Å². The molecule has 0 aliphatic carbocycles. The second-order valence-electron chi connectivity index (χ2n) is 9.00. The van der Waals surface area contributed by atoms with Gasteiger partial charge in [0.1, 0.15) is 29.6 Å². The molecule has 0 amide bonds. The van der Waals surface area contributed by atoms with Gasteiger partial charge in [0, 0.05) is 35.5 Å². The molecule has 4 heterocycles. The van der Waals surface area contributed by atoms with E-state index >= 15 is 0 Å².